The van der Waals surface area contributed by atoms with Gasteiger partial charge in [0.1, 0.15) is 6.61 Å². The van der Waals surface area contributed by atoms with Crippen molar-refractivity contribution >= 4 is 5.91 Å². The second kappa shape index (κ2) is 4.92. The van der Waals surface area contributed by atoms with Crippen LogP contribution in [0.5, 0.6) is 0 Å². The van der Waals surface area contributed by atoms with E-state index in [1.165, 1.54) is 0 Å². The Bertz CT molecular complexity index is 225. The molecule has 1 amide bonds. The molecule has 0 aromatic heterocycles. The van der Waals surface area contributed by atoms with Crippen LogP contribution in [-0.4, -0.2) is 62.9 Å². The number of methoxy groups -OCH3 is 1. The Labute approximate surface area is 89.7 Å². The van der Waals surface area contributed by atoms with Gasteiger partial charge in [0.25, 0.3) is 0 Å². The van der Waals surface area contributed by atoms with Crippen molar-refractivity contribution in [1.82, 2.24) is 10.2 Å². The number of ether oxygens (including phenoxy) is 2. The van der Waals surface area contributed by atoms with Crippen LogP contribution in [-0.2, 0) is 14.3 Å². The van der Waals surface area contributed by atoms with E-state index < -0.39 is 0 Å². The molecule has 0 aromatic rings. The summed E-state index contributed by atoms with van der Waals surface area (Å²) >= 11 is 0. The average molecular weight is 214 g/mol. The lowest BCUT2D eigenvalue weighted by Gasteiger charge is -2.41. The lowest BCUT2D eigenvalue weighted by Crippen LogP contribution is -2.62. The smallest absolute Gasteiger partial charge is 0.249 e. The number of rotatable bonds is 4. The lowest BCUT2D eigenvalue weighted by molar-refractivity contribution is -0.141. The molecule has 2 saturated heterocycles. The van der Waals surface area contributed by atoms with Gasteiger partial charge in [0.15, 0.2) is 0 Å². The molecule has 2 rings (SSSR count). The fourth-order valence-electron chi connectivity index (χ4n) is 2.12. The van der Waals surface area contributed by atoms with Crippen molar-refractivity contribution in [1.29, 1.82) is 0 Å². The third kappa shape index (κ3) is 2.30. The monoisotopic (exact) mass is 214 g/mol. The lowest BCUT2D eigenvalue weighted by atomic mass is 10.1. The molecule has 0 spiro atoms. The van der Waals surface area contributed by atoms with E-state index in [0.29, 0.717) is 12.6 Å². The normalized spacial score (nSPS) is 26.3. The number of amides is 1. The van der Waals surface area contributed by atoms with Gasteiger partial charge in [-0.1, -0.05) is 0 Å². The number of carbonyl (C=O) groups is 1. The van der Waals surface area contributed by atoms with Crippen molar-refractivity contribution in [2.75, 3.05) is 40.0 Å². The molecule has 15 heavy (non-hydrogen) atoms. The van der Waals surface area contributed by atoms with Gasteiger partial charge in [-0.2, -0.15) is 0 Å². The molecule has 2 fully saturated rings. The highest BCUT2D eigenvalue weighted by atomic mass is 16.5. The Kier molecular flexibility index (Phi) is 3.56. The number of carbonyl (C=O) groups excluding carboxylic acids is 1. The maximum absolute atomic E-state index is 11.9. The van der Waals surface area contributed by atoms with E-state index in [0.717, 1.165) is 26.1 Å². The molecule has 1 atom stereocenters. The van der Waals surface area contributed by atoms with Crippen molar-refractivity contribution in [3.63, 3.8) is 0 Å². The van der Waals surface area contributed by atoms with Crippen molar-refractivity contribution in [3.05, 3.63) is 0 Å². The zero-order chi connectivity index (χ0) is 10.7. The van der Waals surface area contributed by atoms with Crippen LogP contribution in [0.2, 0.25) is 0 Å². The summed E-state index contributed by atoms with van der Waals surface area (Å²) < 4.78 is 10.2. The highest BCUT2D eigenvalue weighted by Gasteiger charge is 2.35. The highest BCUT2D eigenvalue weighted by Crippen LogP contribution is 2.18. The maximum Gasteiger partial charge on any atom is 0.249 e. The van der Waals surface area contributed by atoms with Crippen LogP contribution in [0.4, 0.5) is 0 Å². The molecule has 1 N–H and O–H groups in total. The van der Waals surface area contributed by atoms with E-state index in [1.807, 2.05) is 4.90 Å². The Hall–Kier alpha value is -0.650. The molecule has 5 nitrogen and oxygen atoms in total. The summed E-state index contributed by atoms with van der Waals surface area (Å²) in [5, 5.41) is 3.19. The topological polar surface area (TPSA) is 50.8 Å². The summed E-state index contributed by atoms with van der Waals surface area (Å²) in [4.78, 5) is 13.8. The summed E-state index contributed by atoms with van der Waals surface area (Å²) in [7, 11) is 1.56. The van der Waals surface area contributed by atoms with Crippen molar-refractivity contribution in [2.24, 2.45) is 0 Å². The molecule has 2 heterocycles. The van der Waals surface area contributed by atoms with Crippen LogP contribution in [0.3, 0.4) is 0 Å². The quantitative estimate of drug-likeness (QED) is 0.667. The third-order valence-corrected chi connectivity index (χ3v) is 3.01. The minimum absolute atomic E-state index is 0.0829. The molecular formula is C10H18N2O3. The molecule has 0 aromatic carbocycles. The predicted octanol–water partition coefficient (Wildman–Crippen LogP) is -0.778. The summed E-state index contributed by atoms with van der Waals surface area (Å²) in [6.45, 7) is 3.40. The molecule has 2 aliphatic heterocycles. The first-order valence-corrected chi connectivity index (χ1v) is 5.41. The molecule has 1 unspecified atom stereocenters. The van der Waals surface area contributed by atoms with Crippen LogP contribution in [0.1, 0.15) is 6.42 Å². The van der Waals surface area contributed by atoms with Gasteiger partial charge in [0.05, 0.1) is 18.7 Å². The van der Waals surface area contributed by atoms with Crippen LogP contribution in [0.15, 0.2) is 0 Å². The van der Waals surface area contributed by atoms with Crippen LogP contribution >= 0.6 is 0 Å². The van der Waals surface area contributed by atoms with E-state index >= 15 is 0 Å². The van der Waals surface area contributed by atoms with Gasteiger partial charge in [-0.05, 0) is 6.42 Å². The van der Waals surface area contributed by atoms with Gasteiger partial charge >= 0.3 is 0 Å². The van der Waals surface area contributed by atoms with Gasteiger partial charge in [-0.25, -0.2) is 0 Å². The van der Waals surface area contributed by atoms with E-state index in [4.69, 9.17) is 9.47 Å². The van der Waals surface area contributed by atoms with Crippen LogP contribution < -0.4 is 5.32 Å². The molecule has 86 valence electrons. The van der Waals surface area contributed by atoms with Crippen molar-refractivity contribution in [2.45, 2.75) is 18.5 Å². The second-order valence-electron chi connectivity index (χ2n) is 4.06. The Morgan fingerprint density at radius 3 is 2.80 bits per heavy atom. The Balaban J connectivity index is 1.97. The molecule has 5 heteroatoms. The van der Waals surface area contributed by atoms with Gasteiger partial charge in [0, 0.05) is 26.8 Å². The zero-order valence-electron chi connectivity index (χ0n) is 9.07. The summed E-state index contributed by atoms with van der Waals surface area (Å²) in [5.41, 5.74) is 0. The molecule has 2 aliphatic rings. The SMILES string of the molecule is COCC(=O)N(C1CNC1)C1CCOC1. The second-order valence-corrected chi connectivity index (χ2v) is 4.06. The van der Waals surface area contributed by atoms with E-state index in [2.05, 4.69) is 5.32 Å². The molecule has 0 aliphatic carbocycles. The fourth-order valence-corrected chi connectivity index (χ4v) is 2.12. The first-order chi connectivity index (χ1) is 7.33. The number of hydrogen-bond acceptors (Lipinski definition) is 4. The number of nitrogens with zero attached hydrogens (tertiary/aromatic N) is 1. The maximum atomic E-state index is 11.9. The summed E-state index contributed by atoms with van der Waals surface area (Å²) in [5.74, 6) is 0.0829. The van der Waals surface area contributed by atoms with Crippen LogP contribution in [0, 0.1) is 0 Å². The predicted molar refractivity (Wildman–Crippen MR) is 54.6 cm³/mol. The molecule has 0 saturated carbocycles. The van der Waals surface area contributed by atoms with Crippen LogP contribution in [0.25, 0.3) is 0 Å². The van der Waals surface area contributed by atoms with E-state index in [9.17, 15) is 4.79 Å². The standard InChI is InChI=1S/C10H18N2O3/c1-14-7-10(13)12(9-4-11-5-9)8-2-3-15-6-8/h8-9,11H,2-7H2,1H3. The first-order valence-electron chi connectivity index (χ1n) is 5.41. The summed E-state index contributed by atoms with van der Waals surface area (Å²) in [6.07, 6.45) is 0.950. The minimum Gasteiger partial charge on any atom is -0.379 e. The molecule has 0 bridgehead atoms. The third-order valence-electron chi connectivity index (χ3n) is 3.01. The van der Waals surface area contributed by atoms with Crippen molar-refractivity contribution < 1.29 is 14.3 Å². The zero-order valence-corrected chi connectivity index (χ0v) is 9.07. The van der Waals surface area contributed by atoms with Crippen molar-refractivity contribution in [3.8, 4) is 0 Å². The average Bonchev–Trinajstić information content (AvgIpc) is 2.63. The Morgan fingerprint density at radius 2 is 2.33 bits per heavy atom. The van der Waals surface area contributed by atoms with Gasteiger partial charge in [0.2, 0.25) is 5.91 Å². The molecule has 0 radical (unpaired) electrons. The molecular weight excluding hydrogens is 196 g/mol. The van der Waals surface area contributed by atoms with Gasteiger partial charge in [-0.3, -0.25) is 4.79 Å². The highest BCUT2D eigenvalue weighted by molar-refractivity contribution is 5.78. The van der Waals surface area contributed by atoms with E-state index in [-0.39, 0.29) is 18.6 Å². The largest absolute Gasteiger partial charge is 0.379 e. The van der Waals surface area contributed by atoms with Gasteiger partial charge in [-0.15, -0.1) is 0 Å². The minimum atomic E-state index is 0.0829. The van der Waals surface area contributed by atoms with Gasteiger partial charge < -0.3 is 19.7 Å². The number of nitrogens with one attached hydrogen (secondary N) is 1. The van der Waals surface area contributed by atoms with E-state index in [1.54, 1.807) is 7.11 Å². The summed E-state index contributed by atoms with van der Waals surface area (Å²) in [6, 6.07) is 0.582. The first kappa shape index (κ1) is 10.9. The Morgan fingerprint density at radius 1 is 1.53 bits per heavy atom. The number of hydrogen-bond donors (Lipinski definition) is 1. The fraction of sp³-hybridized carbons (Fsp3) is 0.900.